The van der Waals surface area contributed by atoms with Crippen LogP contribution in [-0.4, -0.2) is 9.55 Å². The van der Waals surface area contributed by atoms with E-state index in [0.29, 0.717) is 0 Å². The molecular weight excluding hydrogens is 276 g/mol. The Bertz CT molecular complexity index is 668. The Morgan fingerprint density at radius 1 is 1.06 bits per heavy atom. The molecule has 0 aliphatic rings. The van der Waals surface area contributed by atoms with E-state index in [1.807, 2.05) is 18.5 Å². The van der Waals surface area contributed by atoms with Crippen LogP contribution in [0.15, 0.2) is 53.3 Å². The lowest BCUT2D eigenvalue weighted by molar-refractivity contribution is 1.09. The molecule has 0 radical (unpaired) electrons. The van der Waals surface area contributed by atoms with Crippen LogP contribution in [0.3, 0.4) is 0 Å². The average Bonchev–Trinajstić information content (AvgIpc) is 2.73. The summed E-state index contributed by atoms with van der Waals surface area (Å²) in [5.41, 5.74) is 4.53. The van der Waals surface area contributed by atoms with E-state index in [2.05, 4.69) is 62.7 Å². The second kappa shape index (κ2) is 4.00. The molecule has 1 aromatic heterocycles. The third-order valence-corrected chi connectivity index (χ3v) is 3.31. The largest absolute Gasteiger partial charge is 0.299 e. The fourth-order valence-corrected chi connectivity index (χ4v) is 2.25. The number of rotatable bonds is 1. The van der Waals surface area contributed by atoms with E-state index in [-0.39, 0.29) is 0 Å². The summed E-state index contributed by atoms with van der Waals surface area (Å²) in [5.74, 6) is 0. The van der Waals surface area contributed by atoms with Crippen molar-refractivity contribution in [2.75, 3.05) is 0 Å². The number of hydrogen-bond donors (Lipinski definition) is 0. The molecule has 0 N–H and O–H groups in total. The molecule has 0 fully saturated rings. The third kappa shape index (κ3) is 1.87. The Hall–Kier alpha value is -1.61. The Labute approximate surface area is 108 Å². The third-order valence-electron chi connectivity index (χ3n) is 2.82. The van der Waals surface area contributed by atoms with E-state index in [1.54, 1.807) is 0 Å². The Morgan fingerprint density at radius 2 is 1.82 bits per heavy atom. The van der Waals surface area contributed by atoms with Gasteiger partial charge >= 0.3 is 0 Å². The zero-order chi connectivity index (χ0) is 11.8. The second-order valence-electron chi connectivity index (χ2n) is 4.08. The van der Waals surface area contributed by atoms with Crippen LogP contribution < -0.4 is 0 Å². The van der Waals surface area contributed by atoms with Crippen molar-refractivity contribution in [3.8, 4) is 5.69 Å². The summed E-state index contributed by atoms with van der Waals surface area (Å²) in [7, 11) is 0. The van der Waals surface area contributed by atoms with E-state index >= 15 is 0 Å². The van der Waals surface area contributed by atoms with Gasteiger partial charge in [0, 0.05) is 10.2 Å². The van der Waals surface area contributed by atoms with Crippen LogP contribution in [0, 0.1) is 6.92 Å². The van der Waals surface area contributed by atoms with Gasteiger partial charge in [0.2, 0.25) is 0 Å². The number of aromatic nitrogens is 2. The van der Waals surface area contributed by atoms with E-state index in [9.17, 15) is 0 Å². The number of nitrogens with zero attached hydrogens (tertiary/aromatic N) is 2. The number of halogens is 1. The highest BCUT2D eigenvalue weighted by Gasteiger charge is 2.04. The molecule has 2 nitrogen and oxygen atoms in total. The predicted octanol–water partition coefficient (Wildman–Crippen LogP) is 4.10. The average molecular weight is 287 g/mol. The zero-order valence-electron chi connectivity index (χ0n) is 9.39. The van der Waals surface area contributed by atoms with Crippen molar-refractivity contribution < 1.29 is 0 Å². The first-order chi connectivity index (χ1) is 8.24. The van der Waals surface area contributed by atoms with Gasteiger partial charge in [-0.05, 0) is 37.3 Å². The summed E-state index contributed by atoms with van der Waals surface area (Å²) < 4.78 is 3.15. The van der Waals surface area contributed by atoms with Crippen molar-refractivity contribution in [2.45, 2.75) is 6.92 Å². The summed E-state index contributed by atoms with van der Waals surface area (Å²) >= 11 is 3.46. The smallest absolute Gasteiger partial charge is 0.100 e. The lowest BCUT2D eigenvalue weighted by Gasteiger charge is -2.04. The van der Waals surface area contributed by atoms with Crippen molar-refractivity contribution in [1.29, 1.82) is 0 Å². The second-order valence-corrected chi connectivity index (χ2v) is 5.00. The molecule has 2 aromatic carbocycles. The predicted molar refractivity (Wildman–Crippen MR) is 73.5 cm³/mol. The van der Waals surface area contributed by atoms with E-state index in [1.165, 1.54) is 5.56 Å². The number of aryl methyl sites for hydroxylation is 1. The maximum Gasteiger partial charge on any atom is 0.100 e. The van der Waals surface area contributed by atoms with Crippen LogP contribution in [0.1, 0.15) is 5.56 Å². The number of hydrogen-bond acceptors (Lipinski definition) is 1. The minimum absolute atomic E-state index is 1.000. The molecule has 0 saturated heterocycles. The highest BCUT2D eigenvalue weighted by atomic mass is 79.9. The van der Waals surface area contributed by atoms with Crippen molar-refractivity contribution in [3.05, 3.63) is 58.8 Å². The van der Waals surface area contributed by atoms with Gasteiger partial charge in [0.25, 0.3) is 0 Å². The lowest BCUT2D eigenvalue weighted by Crippen LogP contribution is -1.91. The van der Waals surface area contributed by atoms with Crippen LogP contribution in [0.4, 0.5) is 0 Å². The van der Waals surface area contributed by atoms with Gasteiger partial charge in [-0.25, -0.2) is 4.98 Å². The molecule has 0 aliphatic carbocycles. The summed E-state index contributed by atoms with van der Waals surface area (Å²) in [6.45, 7) is 2.09. The molecular formula is C14H11BrN2. The molecule has 3 heteroatoms. The van der Waals surface area contributed by atoms with Crippen molar-refractivity contribution in [2.24, 2.45) is 0 Å². The standard InChI is InChI=1S/C14H11BrN2/c1-10-2-5-12(6-3-10)17-9-16-13-8-11(15)4-7-14(13)17/h2-9H,1H3. The number of imidazole rings is 1. The van der Waals surface area contributed by atoms with Crippen molar-refractivity contribution >= 4 is 27.0 Å². The molecule has 0 bridgehead atoms. The van der Waals surface area contributed by atoms with E-state index in [4.69, 9.17) is 0 Å². The van der Waals surface area contributed by atoms with Crippen LogP contribution >= 0.6 is 15.9 Å². The normalized spacial score (nSPS) is 10.9. The molecule has 3 rings (SSSR count). The van der Waals surface area contributed by atoms with Gasteiger partial charge in [0.15, 0.2) is 0 Å². The first kappa shape index (κ1) is 10.5. The van der Waals surface area contributed by atoms with Gasteiger partial charge in [-0.15, -0.1) is 0 Å². The summed E-state index contributed by atoms with van der Waals surface area (Å²) in [6, 6.07) is 14.6. The first-order valence-electron chi connectivity index (χ1n) is 5.44. The molecule has 0 saturated carbocycles. The summed E-state index contributed by atoms with van der Waals surface area (Å²) in [6.07, 6.45) is 1.86. The van der Waals surface area contributed by atoms with Crippen LogP contribution in [0.5, 0.6) is 0 Å². The summed E-state index contributed by atoms with van der Waals surface area (Å²) in [4.78, 5) is 4.41. The molecule has 3 aromatic rings. The number of fused-ring (bicyclic) bond motifs is 1. The lowest BCUT2D eigenvalue weighted by atomic mass is 10.2. The van der Waals surface area contributed by atoms with Gasteiger partial charge in [-0.1, -0.05) is 33.6 Å². The number of benzene rings is 2. The molecule has 0 atom stereocenters. The maximum absolute atomic E-state index is 4.41. The minimum Gasteiger partial charge on any atom is -0.299 e. The zero-order valence-corrected chi connectivity index (χ0v) is 11.0. The van der Waals surface area contributed by atoms with E-state index in [0.717, 1.165) is 21.2 Å². The maximum atomic E-state index is 4.41. The molecule has 0 amide bonds. The summed E-state index contributed by atoms with van der Waals surface area (Å²) in [5, 5.41) is 0. The van der Waals surface area contributed by atoms with Gasteiger partial charge in [-0.2, -0.15) is 0 Å². The highest BCUT2D eigenvalue weighted by Crippen LogP contribution is 2.21. The topological polar surface area (TPSA) is 17.8 Å². The molecule has 0 aliphatic heterocycles. The van der Waals surface area contributed by atoms with Gasteiger partial charge in [-0.3, -0.25) is 4.57 Å². The van der Waals surface area contributed by atoms with Crippen molar-refractivity contribution in [3.63, 3.8) is 0 Å². The fraction of sp³-hybridized carbons (Fsp3) is 0.0714. The molecule has 17 heavy (non-hydrogen) atoms. The molecule has 1 heterocycles. The molecule has 84 valence electrons. The quantitative estimate of drug-likeness (QED) is 0.659. The van der Waals surface area contributed by atoms with E-state index < -0.39 is 0 Å². The first-order valence-corrected chi connectivity index (χ1v) is 6.23. The fourth-order valence-electron chi connectivity index (χ4n) is 1.90. The SMILES string of the molecule is Cc1ccc(-n2cnc3cc(Br)ccc32)cc1. The van der Waals surface area contributed by atoms with Crippen LogP contribution in [0.2, 0.25) is 0 Å². The van der Waals surface area contributed by atoms with Gasteiger partial charge in [0.1, 0.15) is 6.33 Å². The van der Waals surface area contributed by atoms with Crippen LogP contribution in [0.25, 0.3) is 16.7 Å². The highest BCUT2D eigenvalue weighted by molar-refractivity contribution is 9.10. The molecule has 0 unspecified atom stereocenters. The Balaban J connectivity index is 2.21. The monoisotopic (exact) mass is 286 g/mol. The van der Waals surface area contributed by atoms with Crippen LogP contribution in [-0.2, 0) is 0 Å². The van der Waals surface area contributed by atoms with Gasteiger partial charge in [0.05, 0.1) is 11.0 Å². The minimum atomic E-state index is 1.000. The Morgan fingerprint density at radius 3 is 2.59 bits per heavy atom. The molecule has 0 spiro atoms. The Kier molecular flexibility index (Phi) is 2.48. The van der Waals surface area contributed by atoms with Crippen molar-refractivity contribution in [1.82, 2.24) is 9.55 Å². The van der Waals surface area contributed by atoms with Gasteiger partial charge < -0.3 is 0 Å².